The molecule has 9 aliphatic rings. The summed E-state index contributed by atoms with van der Waals surface area (Å²) in [5.41, 5.74) is 3.40. The lowest BCUT2D eigenvalue weighted by molar-refractivity contribution is -0.139. The minimum absolute atomic E-state index is 0.0234. The topological polar surface area (TPSA) is 165 Å². The van der Waals surface area contributed by atoms with Crippen molar-refractivity contribution in [2.24, 2.45) is 35.5 Å². The smallest absolute Gasteiger partial charge is 0.303 e. The number of piperidine rings is 2. The molecule has 2 atom stereocenters. The molecule has 0 spiro atoms. The molecule has 2 aliphatic heterocycles. The number of amides is 2. The molecule has 11 rings (SSSR count). The summed E-state index contributed by atoms with van der Waals surface area (Å²) in [5, 5.41) is 25.0. The summed E-state index contributed by atoms with van der Waals surface area (Å²) in [6, 6.07) is 8.51. The van der Waals surface area contributed by atoms with Gasteiger partial charge < -0.3 is 30.6 Å². The number of carboxylic acid groups (broad SMARTS) is 2. The number of nitrogens with one attached hydrogen (secondary N) is 2. The molecule has 4 N–H and O–H groups in total. The highest BCUT2D eigenvalue weighted by Crippen LogP contribution is 2.54. The lowest BCUT2D eigenvalue weighted by Crippen LogP contribution is -2.55. The van der Waals surface area contributed by atoms with E-state index in [0.717, 1.165) is 136 Å². The quantitative estimate of drug-likeness (QED) is 0.165. The Hall–Kier alpha value is -4.22. The first-order chi connectivity index (χ1) is 29.1. The third-order valence-electron chi connectivity index (χ3n) is 15.3. The molecule has 324 valence electrons. The summed E-state index contributed by atoms with van der Waals surface area (Å²) in [7, 11) is 0. The van der Waals surface area contributed by atoms with Gasteiger partial charge in [-0.3, -0.25) is 19.2 Å². The van der Waals surface area contributed by atoms with Crippen molar-refractivity contribution in [3.63, 3.8) is 0 Å². The zero-order valence-electron chi connectivity index (χ0n) is 35.4. The molecule has 2 saturated heterocycles. The average Bonchev–Trinajstić information content (AvgIpc) is 4.17. The fourth-order valence-electron chi connectivity index (χ4n) is 12.3. The van der Waals surface area contributed by atoms with Gasteiger partial charge in [0.15, 0.2) is 0 Å². The van der Waals surface area contributed by atoms with Crippen molar-refractivity contribution in [2.45, 2.75) is 152 Å². The molecule has 4 heterocycles. The number of carboxylic acids is 2. The van der Waals surface area contributed by atoms with Crippen LogP contribution < -0.4 is 20.4 Å². The molecular weight excluding hydrogens is 757 g/mol. The molecule has 0 radical (unpaired) electrons. The summed E-state index contributed by atoms with van der Waals surface area (Å²) >= 11 is 0. The highest BCUT2D eigenvalue weighted by Gasteiger charge is 2.49. The summed E-state index contributed by atoms with van der Waals surface area (Å²) in [6.45, 7) is 3.28. The fraction of sp³-hybridized carbons (Fsp3) is 0.708. The van der Waals surface area contributed by atoms with Gasteiger partial charge in [-0.2, -0.15) is 0 Å². The Labute approximate surface area is 355 Å². The van der Waals surface area contributed by atoms with Gasteiger partial charge in [0, 0.05) is 62.9 Å². The molecule has 9 fully saturated rings. The Balaban J connectivity index is 0.000000156. The van der Waals surface area contributed by atoms with E-state index >= 15 is 0 Å². The van der Waals surface area contributed by atoms with Crippen molar-refractivity contribution in [3.8, 4) is 0 Å². The number of anilines is 2. The average molecular weight is 823 g/mol. The van der Waals surface area contributed by atoms with Crippen LogP contribution in [-0.4, -0.2) is 82.2 Å². The van der Waals surface area contributed by atoms with E-state index in [1.807, 2.05) is 24.3 Å². The van der Waals surface area contributed by atoms with Crippen LogP contribution in [0.25, 0.3) is 0 Å². The predicted molar refractivity (Wildman–Crippen MR) is 229 cm³/mol. The van der Waals surface area contributed by atoms with E-state index in [-0.39, 0.29) is 36.5 Å². The van der Waals surface area contributed by atoms with Crippen LogP contribution in [0.15, 0.2) is 24.3 Å². The van der Waals surface area contributed by atoms with Crippen molar-refractivity contribution in [3.05, 3.63) is 46.8 Å². The number of pyridine rings is 2. The summed E-state index contributed by atoms with van der Waals surface area (Å²) in [6.07, 6.45) is 21.2. The second-order valence-electron chi connectivity index (χ2n) is 20.1. The van der Waals surface area contributed by atoms with Crippen molar-refractivity contribution in [1.82, 2.24) is 20.6 Å². The van der Waals surface area contributed by atoms with E-state index in [4.69, 9.17) is 15.1 Å². The molecule has 2 aromatic rings. The molecule has 0 aromatic carbocycles. The molecule has 2 amide bonds. The van der Waals surface area contributed by atoms with Gasteiger partial charge in [0.2, 0.25) is 0 Å². The number of carbonyl (C=O) groups excluding carboxylic acids is 2. The fourth-order valence-corrected chi connectivity index (χ4v) is 12.3. The predicted octanol–water partition coefficient (Wildman–Crippen LogP) is 7.92. The number of hydrogen-bond acceptors (Lipinski definition) is 8. The van der Waals surface area contributed by atoms with E-state index in [9.17, 15) is 24.3 Å². The summed E-state index contributed by atoms with van der Waals surface area (Å²) in [4.78, 5) is 62.9. The lowest BCUT2D eigenvalue weighted by atomic mass is 9.54. The van der Waals surface area contributed by atoms with Gasteiger partial charge in [-0.25, -0.2) is 9.97 Å². The van der Waals surface area contributed by atoms with Crippen LogP contribution in [0.3, 0.4) is 0 Å². The third kappa shape index (κ3) is 9.78. The highest BCUT2D eigenvalue weighted by atomic mass is 16.4. The molecule has 12 heteroatoms. The van der Waals surface area contributed by atoms with E-state index < -0.39 is 11.9 Å². The van der Waals surface area contributed by atoms with Crippen LogP contribution in [0.1, 0.15) is 172 Å². The van der Waals surface area contributed by atoms with Gasteiger partial charge >= 0.3 is 11.9 Å². The van der Waals surface area contributed by atoms with Crippen LogP contribution in [0.2, 0.25) is 0 Å². The van der Waals surface area contributed by atoms with Gasteiger partial charge in [-0.05, 0) is 156 Å². The van der Waals surface area contributed by atoms with Gasteiger partial charge in [-0.1, -0.05) is 19.3 Å². The van der Waals surface area contributed by atoms with Crippen molar-refractivity contribution in [2.75, 3.05) is 36.0 Å². The highest BCUT2D eigenvalue weighted by molar-refractivity contribution is 5.96. The van der Waals surface area contributed by atoms with E-state index in [1.54, 1.807) is 0 Å². The van der Waals surface area contributed by atoms with Crippen LogP contribution in [-0.2, 0) is 9.59 Å². The molecule has 12 nitrogen and oxygen atoms in total. The molecular formula is C48H66N6O6. The normalized spacial score (nSPS) is 30.0. The van der Waals surface area contributed by atoms with Gasteiger partial charge in [0.05, 0.1) is 22.5 Å². The van der Waals surface area contributed by atoms with Gasteiger partial charge in [0.25, 0.3) is 11.8 Å². The zero-order chi connectivity index (χ0) is 41.3. The van der Waals surface area contributed by atoms with E-state index in [1.165, 1.54) is 51.4 Å². The standard InChI is InChI=1S/C26H35N3O3.C22H31N3O3/c30-23(31)13-15-2-1-7-29(14-15)22-6-5-21(25(27-22)18-3-4-18)26(32)28-24-19-9-16-8-17(11-19)12-20(24)10-16;26-20(27)13-15-5-4-12-25(14-15)19-11-10-18(21(24-19)16-8-9-16)22(28)23-17-6-2-1-3-7-17/h5-6,15-20,24H,1-4,7-14H2,(H,28,32)(H,30,31);10-11,15-17H,1-9,12-14H2,(H,23,28)(H,26,27)/t15-,16?,17?,19?,20?,24?;15-/m00/s1. The number of carbonyl (C=O) groups is 4. The maximum atomic E-state index is 13.4. The number of aliphatic carboxylic acids is 2. The number of hydrogen-bond donors (Lipinski definition) is 4. The molecule has 4 bridgehead atoms. The van der Waals surface area contributed by atoms with Crippen molar-refractivity contribution in [1.29, 1.82) is 0 Å². The molecule has 0 unspecified atom stereocenters. The van der Waals surface area contributed by atoms with Crippen LogP contribution >= 0.6 is 0 Å². The van der Waals surface area contributed by atoms with E-state index in [0.29, 0.717) is 35.8 Å². The SMILES string of the molecule is O=C(O)C[C@@H]1CCCN(c2ccc(C(=O)NC3C4CC5CC(C4)CC3C5)c(C3CC3)n2)C1.O=C(O)C[C@@H]1CCCN(c2ccc(C(=O)NC3CCCCC3)c(C3CC3)n2)C1. The lowest BCUT2D eigenvalue weighted by Gasteiger charge is -2.54. The minimum Gasteiger partial charge on any atom is -0.481 e. The maximum absolute atomic E-state index is 13.4. The van der Waals surface area contributed by atoms with Crippen LogP contribution in [0.4, 0.5) is 11.6 Å². The Morgan fingerprint density at radius 1 is 0.567 bits per heavy atom. The second-order valence-corrected chi connectivity index (χ2v) is 20.1. The first kappa shape index (κ1) is 41.1. The number of rotatable bonds is 12. The van der Waals surface area contributed by atoms with Gasteiger partial charge in [0.1, 0.15) is 11.6 Å². The third-order valence-corrected chi connectivity index (χ3v) is 15.3. The van der Waals surface area contributed by atoms with Crippen molar-refractivity contribution < 1.29 is 29.4 Å². The first-order valence-corrected chi connectivity index (χ1v) is 23.7. The van der Waals surface area contributed by atoms with Gasteiger partial charge in [-0.15, -0.1) is 0 Å². The zero-order valence-corrected chi connectivity index (χ0v) is 35.4. The minimum atomic E-state index is -0.729. The maximum Gasteiger partial charge on any atom is 0.303 e. The molecule has 7 aliphatic carbocycles. The summed E-state index contributed by atoms with van der Waals surface area (Å²) < 4.78 is 0. The molecule has 2 aromatic heterocycles. The molecule has 60 heavy (non-hydrogen) atoms. The van der Waals surface area contributed by atoms with Crippen LogP contribution in [0.5, 0.6) is 0 Å². The summed E-state index contributed by atoms with van der Waals surface area (Å²) in [5.74, 6) is 4.75. The van der Waals surface area contributed by atoms with Crippen molar-refractivity contribution >= 4 is 35.4 Å². The van der Waals surface area contributed by atoms with E-state index in [2.05, 4.69) is 20.4 Å². The molecule has 7 saturated carbocycles. The van der Waals surface area contributed by atoms with Crippen LogP contribution in [0, 0.1) is 35.5 Å². The Bertz CT molecular complexity index is 1880. The Morgan fingerprint density at radius 2 is 1.03 bits per heavy atom. The monoisotopic (exact) mass is 823 g/mol. The number of nitrogens with zero attached hydrogens (tertiary/aromatic N) is 4. The first-order valence-electron chi connectivity index (χ1n) is 23.7. The largest absolute Gasteiger partial charge is 0.481 e. The second kappa shape index (κ2) is 18.0. The number of aromatic nitrogens is 2. The Morgan fingerprint density at radius 3 is 1.48 bits per heavy atom. The Kier molecular flexibility index (Phi) is 12.4.